The van der Waals surface area contributed by atoms with Crippen molar-refractivity contribution < 1.29 is 15.0 Å². The van der Waals surface area contributed by atoms with E-state index in [-0.39, 0.29) is 0 Å². The molecule has 0 fully saturated rings. The smallest absolute Gasteiger partial charge is 0.0209 e. The third kappa shape index (κ3) is 29.2. The Balaban J connectivity index is 0. The van der Waals surface area contributed by atoms with Crippen LogP contribution in [0.4, 0.5) is 4.79 Å². The molecule has 0 aliphatic rings. The molecule has 0 saturated carbocycles. The van der Waals surface area contributed by atoms with Gasteiger partial charge in [-0.2, -0.15) is 0 Å². The molecule has 18 heavy (non-hydrogen) atoms. The Morgan fingerprint density at radius 2 is 1.33 bits per heavy atom. The van der Waals surface area contributed by atoms with Crippen molar-refractivity contribution >= 4 is 6.16 Å². The summed E-state index contributed by atoms with van der Waals surface area (Å²) in [4.78, 5) is 8.33. The molecule has 102 valence electrons. The summed E-state index contributed by atoms with van der Waals surface area (Å²) < 4.78 is 0. The monoisotopic (exact) mass is 252 g/mol. The van der Waals surface area contributed by atoms with Crippen molar-refractivity contribution in [3.05, 3.63) is 36.8 Å². The van der Waals surface area contributed by atoms with Gasteiger partial charge in [-0.25, -0.2) is 0 Å². The molecule has 0 unspecified atom stereocenters. The van der Waals surface area contributed by atoms with Crippen LogP contribution < -0.4 is 20.8 Å². The third-order valence-electron chi connectivity index (χ3n) is 1.74. The largest absolute Gasteiger partial charge is 0.652 e. The van der Waals surface area contributed by atoms with Gasteiger partial charge < -0.3 is 25.6 Å². The minimum absolute atomic E-state index is 0.871. The summed E-state index contributed by atoms with van der Waals surface area (Å²) in [5.74, 6) is 0. The lowest BCUT2D eigenvalue weighted by Crippen LogP contribution is -2.37. The summed E-state index contributed by atoms with van der Waals surface area (Å²) in [5.41, 5.74) is 5.45. The van der Waals surface area contributed by atoms with Crippen LogP contribution in [0.25, 0.3) is 0 Å². The summed E-state index contributed by atoms with van der Waals surface area (Å²) >= 11 is 0. The quantitative estimate of drug-likeness (QED) is 0.413. The molecule has 0 aliphatic carbocycles. The molecule has 0 saturated heterocycles. The van der Waals surface area contributed by atoms with E-state index >= 15 is 0 Å². The molecule has 5 nitrogen and oxygen atoms in total. The Morgan fingerprint density at radius 3 is 1.61 bits per heavy atom. The van der Waals surface area contributed by atoms with Gasteiger partial charge in [0, 0.05) is 13.1 Å². The van der Waals surface area contributed by atoms with Crippen molar-refractivity contribution in [3.8, 4) is 0 Å². The zero-order valence-corrected chi connectivity index (χ0v) is 10.5. The standard InChI is InChI=1S/C12H20N2.CH2O3/c1-3-5-9-13-11-7-8-12-14-10-6-4-2;2-1(3)4/h5-6,13-14H,1-2,7-12H2;(H2,2,3,4)/p-2. The van der Waals surface area contributed by atoms with Crippen LogP contribution in [0.2, 0.25) is 0 Å². The summed E-state index contributed by atoms with van der Waals surface area (Å²) in [6.07, 6.45) is 3.84. The maximum atomic E-state index is 8.33. The fourth-order valence-corrected chi connectivity index (χ4v) is 0.993. The zero-order chi connectivity index (χ0) is 14.1. The third-order valence-corrected chi connectivity index (χ3v) is 1.74. The van der Waals surface area contributed by atoms with E-state index in [0.29, 0.717) is 0 Å². The minimum atomic E-state index is -2.33. The Hall–Kier alpha value is -1.77. The number of carbonyl (C=O) groups excluding carboxylic acids is 1. The predicted molar refractivity (Wildman–Crippen MR) is 67.8 cm³/mol. The van der Waals surface area contributed by atoms with E-state index in [1.807, 2.05) is 12.2 Å². The molecule has 0 amide bonds. The van der Waals surface area contributed by atoms with E-state index in [0.717, 1.165) is 26.2 Å². The van der Waals surface area contributed by atoms with Crippen LogP contribution in [-0.4, -0.2) is 32.3 Å². The van der Waals surface area contributed by atoms with E-state index in [1.54, 1.807) is 0 Å². The number of nitrogens with one attached hydrogen (secondary N) is 2. The number of hydrogen-bond acceptors (Lipinski definition) is 5. The number of unbranched alkanes of at least 4 members (excludes halogenated alkanes) is 1. The SMILES string of the molecule is C=C=CCNCCCCNCC=C=C.O=C([O-])[O-]. The Kier molecular flexibility index (Phi) is 18.2. The van der Waals surface area contributed by atoms with Gasteiger partial charge in [0.2, 0.25) is 0 Å². The molecule has 0 aromatic carbocycles. The molecule has 0 radical (unpaired) electrons. The van der Waals surface area contributed by atoms with E-state index < -0.39 is 6.16 Å². The highest BCUT2D eigenvalue weighted by Gasteiger charge is 1.86. The van der Waals surface area contributed by atoms with Crippen LogP contribution in [0.15, 0.2) is 36.8 Å². The van der Waals surface area contributed by atoms with Crippen molar-refractivity contribution in [3.63, 3.8) is 0 Å². The Morgan fingerprint density at radius 1 is 1.00 bits per heavy atom. The second kappa shape index (κ2) is 17.6. The van der Waals surface area contributed by atoms with Gasteiger partial charge >= 0.3 is 0 Å². The molecule has 0 aromatic rings. The van der Waals surface area contributed by atoms with Crippen LogP contribution in [0, 0.1) is 0 Å². The van der Waals surface area contributed by atoms with Gasteiger partial charge in [0.1, 0.15) is 0 Å². The first-order valence-corrected chi connectivity index (χ1v) is 5.63. The second-order valence-corrected chi connectivity index (χ2v) is 3.18. The van der Waals surface area contributed by atoms with Crippen molar-refractivity contribution in [2.24, 2.45) is 0 Å². The predicted octanol–water partition coefficient (Wildman–Crippen LogP) is -0.819. The van der Waals surface area contributed by atoms with E-state index in [2.05, 4.69) is 35.3 Å². The molecule has 0 heterocycles. The molecule has 0 aromatic heterocycles. The number of rotatable bonds is 9. The average Bonchev–Trinajstić information content (AvgIpc) is 2.31. The van der Waals surface area contributed by atoms with Gasteiger partial charge in [0.05, 0.1) is 0 Å². The normalized spacial score (nSPS) is 8.22. The lowest BCUT2D eigenvalue weighted by atomic mass is 10.3. The lowest BCUT2D eigenvalue weighted by molar-refractivity contribution is -0.415. The molecule has 0 spiro atoms. The zero-order valence-electron chi connectivity index (χ0n) is 10.5. The maximum absolute atomic E-state index is 8.33. The van der Waals surface area contributed by atoms with Gasteiger partial charge in [0.15, 0.2) is 0 Å². The van der Waals surface area contributed by atoms with Gasteiger partial charge in [-0.3, -0.25) is 0 Å². The van der Waals surface area contributed by atoms with Crippen LogP contribution in [-0.2, 0) is 0 Å². The van der Waals surface area contributed by atoms with E-state index in [4.69, 9.17) is 15.0 Å². The molecule has 5 heteroatoms. The highest BCUT2D eigenvalue weighted by atomic mass is 16.6. The second-order valence-electron chi connectivity index (χ2n) is 3.18. The van der Waals surface area contributed by atoms with Gasteiger partial charge in [-0.1, -0.05) is 13.2 Å². The van der Waals surface area contributed by atoms with E-state index in [1.165, 1.54) is 12.8 Å². The Bertz CT molecular complexity index is 263. The van der Waals surface area contributed by atoms with Crippen molar-refractivity contribution in [2.75, 3.05) is 26.2 Å². The fraction of sp³-hybridized carbons (Fsp3) is 0.462. The van der Waals surface area contributed by atoms with Gasteiger partial charge in [0.25, 0.3) is 0 Å². The van der Waals surface area contributed by atoms with Crippen LogP contribution in [0.3, 0.4) is 0 Å². The van der Waals surface area contributed by atoms with Crippen molar-refractivity contribution in [1.29, 1.82) is 0 Å². The first-order chi connectivity index (χ1) is 8.65. The van der Waals surface area contributed by atoms with E-state index in [9.17, 15) is 0 Å². The molecule has 0 rings (SSSR count). The highest BCUT2D eigenvalue weighted by molar-refractivity contribution is 5.47. The van der Waals surface area contributed by atoms with Crippen LogP contribution in [0.5, 0.6) is 0 Å². The number of hydrogen-bond donors (Lipinski definition) is 2. The maximum Gasteiger partial charge on any atom is 0.0209 e. The number of carboxylic acid groups (broad SMARTS) is 2. The molecular weight excluding hydrogens is 232 g/mol. The summed E-state index contributed by atoms with van der Waals surface area (Å²) in [7, 11) is 0. The Labute approximate surface area is 108 Å². The van der Waals surface area contributed by atoms with Gasteiger partial charge in [-0.15, -0.1) is 11.5 Å². The van der Waals surface area contributed by atoms with Crippen molar-refractivity contribution in [2.45, 2.75) is 12.8 Å². The minimum Gasteiger partial charge on any atom is -0.652 e. The number of carbonyl (C=O) groups is 1. The molecule has 0 atom stereocenters. The average molecular weight is 252 g/mol. The summed E-state index contributed by atoms with van der Waals surface area (Å²) in [6, 6.07) is 0. The molecular formula is C13H20N2O3-2. The molecule has 0 aliphatic heterocycles. The highest BCUT2D eigenvalue weighted by Crippen LogP contribution is 1.83. The fourth-order valence-electron chi connectivity index (χ4n) is 0.993. The van der Waals surface area contributed by atoms with Crippen LogP contribution >= 0.6 is 0 Å². The van der Waals surface area contributed by atoms with Gasteiger partial charge in [-0.05, 0) is 44.2 Å². The first-order valence-electron chi connectivity index (χ1n) is 5.63. The molecule has 2 N–H and O–H groups in total. The summed E-state index contributed by atoms with van der Waals surface area (Å²) in [6.45, 7) is 10.8. The van der Waals surface area contributed by atoms with Crippen molar-refractivity contribution in [1.82, 2.24) is 10.6 Å². The first kappa shape index (κ1) is 18.6. The lowest BCUT2D eigenvalue weighted by Gasteiger charge is -2.02. The molecule has 0 bridgehead atoms. The topological polar surface area (TPSA) is 87.2 Å². The van der Waals surface area contributed by atoms with Crippen LogP contribution in [0.1, 0.15) is 12.8 Å². The summed E-state index contributed by atoms with van der Waals surface area (Å²) in [5, 5.41) is 23.2.